The maximum Gasteiger partial charge on any atom is 0.323 e. The van der Waals surface area contributed by atoms with E-state index in [4.69, 9.17) is 31.4 Å². The van der Waals surface area contributed by atoms with Crippen LogP contribution >= 0.6 is 0 Å². The molecule has 0 saturated heterocycles. The van der Waals surface area contributed by atoms with Crippen molar-refractivity contribution >= 4 is 40.8 Å². The molecular weight excluding hydrogens is 570 g/mol. The lowest BCUT2D eigenvalue weighted by Gasteiger charge is -2.12. The molecule has 0 aliphatic rings. The van der Waals surface area contributed by atoms with Gasteiger partial charge in [0.05, 0.1) is 25.6 Å². The van der Waals surface area contributed by atoms with Crippen molar-refractivity contribution in [1.82, 2.24) is 10.3 Å². The first kappa shape index (κ1) is 32.2. The second kappa shape index (κ2) is 15.1. The highest BCUT2D eigenvalue weighted by Crippen LogP contribution is 2.27. The molecule has 5 amide bonds. The van der Waals surface area contributed by atoms with Gasteiger partial charge in [0.15, 0.2) is 0 Å². The fraction of sp³-hybridized carbons (Fsp3) is 0.100. The van der Waals surface area contributed by atoms with E-state index in [0.29, 0.717) is 45.6 Å². The summed E-state index contributed by atoms with van der Waals surface area (Å²) in [4.78, 5) is 50.1. The summed E-state index contributed by atoms with van der Waals surface area (Å²) in [6.45, 7) is 0. The first-order valence-electron chi connectivity index (χ1n) is 12.8. The lowest BCUT2D eigenvalue weighted by Crippen LogP contribution is -2.20. The fourth-order valence-electron chi connectivity index (χ4n) is 3.60. The van der Waals surface area contributed by atoms with Crippen LogP contribution in [0.2, 0.25) is 0 Å². The number of ether oxygens (including phenoxy) is 3. The standard InChI is InChI=1S/C22H21N5O5.C8H10N2O2/c1-24-21(29)18-12-16(9-10-25-18)32-15-6-4-14(5-7-15)26-22(30)27-17-11-13(20(23)28)3-8-19(17)31-2;1-12-7-3-2-5(8(10)11)4-6(7)9/h3-12H,1-2H3,(H2,23,28)(H,24,29)(H2,26,27,30);2-4H,9H2,1H3,(H2,10,11). The van der Waals surface area contributed by atoms with Gasteiger partial charge >= 0.3 is 6.03 Å². The van der Waals surface area contributed by atoms with Crippen LogP contribution in [0, 0.1) is 0 Å². The normalized spacial score (nSPS) is 9.89. The highest BCUT2D eigenvalue weighted by atomic mass is 16.5. The molecule has 9 N–H and O–H groups in total. The number of carbonyl (C=O) groups excluding carboxylic acids is 4. The van der Waals surface area contributed by atoms with E-state index in [1.165, 1.54) is 57.8 Å². The molecule has 4 rings (SSSR count). The topological polar surface area (TPSA) is 223 Å². The Balaban J connectivity index is 0.000000369. The summed E-state index contributed by atoms with van der Waals surface area (Å²) in [5.41, 5.74) is 17.9. The maximum absolute atomic E-state index is 12.4. The minimum absolute atomic E-state index is 0.232. The zero-order chi connectivity index (χ0) is 32.2. The van der Waals surface area contributed by atoms with Gasteiger partial charge < -0.3 is 47.4 Å². The number of pyridine rings is 1. The number of anilines is 3. The second-order valence-corrected chi connectivity index (χ2v) is 8.76. The molecule has 0 bridgehead atoms. The van der Waals surface area contributed by atoms with Gasteiger partial charge in [0.25, 0.3) is 5.91 Å². The number of aromatic nitrogens is 1. The van der Waals surface area contributed by atoms with Crippen LogP contribution in [-0.2, 0) is 0 Å². The molecule has 228 valence electrons. The monoisotopic (exact) mass is 601 g/mol. The Labute approximate surface area is 252 Å². The molecule has 0 spiro atoms. The zero-order valence-electron chi connectivity index (χ0n) is 24.0. The summed E-state index contributed by atoms with van der Waals surface area (Å²) in [5.74, 6) is 0.424. The van der Waals surface area contributed by atoms with Gasteiger partial charge in [0.2, 0.25) is 11.8 Å². The third kappa shape index (κ3) is 8.84. The number of nitrogens with two attached hydrogens (primary N) is 3. The van der Waals surface area contributed by atoms with Crippen LogP contribution in [0.4, 0.5) is 21.9 Å². The molecule has 14 heteroatoms. The van der Waals surface area contributed by atoms with Gasteiger partial charge in [0.1, 0.15) is 28.7 Å². The number of rotatable bonds is 9. The summed E-state index contributed by atoms with van der Waals surface area (Å²) in [6.07, 6.45) is 1.47. The Kier molecular flexibility index (Phi) is 11.0. The Hall–Kier alpha value is -6.31. The maximum atomic E-state index is 12.4. The van der Waals surface area contributed by atoms with E-state index in [0.717, 1.165) is 0 Å². The summed E-state index contributed by atoms with van der Waals surface area (Å²) in [7, 11) is 4.47. The number of primary amides is 2. The summed E-state index contributed by atoms with van der Waals surface area (Å²) in [6, 6.07) is 18.3. The van der Waals surface area contributed by atoms with Crippen molar-refractivity contribution in [3.63, 3.8) is 0 Å². The van der Waals surface area contributed by atoms with Gasteiger partial charge in [-0.2, -0.15) is 0 Å². The third-order valence-corrected chi connectivity index (χ3v) is 5.79. The SMILES string of the molecule is CNC(=O)c1cc(Oc2ccc(NC(=O)Nc3cc(C(N)=O)ccc3OC)cc2)ccn1.COc1ccc(C(N)=O)cc1N. The first-order valence-corrected chi connectivity index (χ1v) is 12.8. The molecule has 0 radical (unpaired) electrons. The van der Waals surface area contributed by atoms with Crippen molar-refractivity contribution in [3.8, 4) is 23.0 Å². The van der Waals surface area contributed by atoms with Gasteiger partial charge in [-0.15, -0.1) is 0 Å². The molecule has 44 heavy (non-hydrogen) atoms. The minimum Gasteiger partial charge on any atom is -0.495 e. The Morgan fingerprint density at radius 3 is 1.91 bits per heavy atom. The van der Waals surface area contributed by atoms with Crippen LogP contribution in [0.3, 0.4) is 0 Å². The fourth-order valence-corrected chi connectivity index (χ4v) is 3.60. The van der Waals surface area contributed by atoms with E-state index in [9.17, 15) is 19.2 Å². The molecule has 0 aliphatic carbocycles. The summed E-state index contributed by atoms with van der Waals surface area (Å²) >= 11 is 0. The van der Waals surface area contributed by atoms with Crippen molar-refractivity contribution in [1.29, 1.82) is 0 Å². The van der Waals surface area contributed by atoms with E-state index in [1.807, 2.05) is 0 Å². The van der Waals surface area contributed by atoms with Crippen LogP contribution in [0.15, 0.2) is 79.0 Å². The predicted molar refractivity (Wildman–Crippen MR) is 164 cm³/mol. The third-order valence-electron chi connectivity index (χ3n) is 5.79. The van der Waals surface area contributed by atoms with Gasteiger partial charge in [-0.3, -0.25) is 19.4 Å². The Morgan fingerprint density at radius 1 is 0.727 bits per heavy atom. The average molecular weight is 602 g/mol. The quantitative estimate of drug-likeness (QED) is 0.154. The Bertz CT molecular complexity index is 1660. The number of benzene rings is 3. The molecular formula is C30H31N7O7. The van der Waals surface area contributed by atoms with E-state index in [-0.39, 0.29) is 17.2 Å². The number of hydrogen-bond donors (Lipinski definition) is 6. The van der Waals surface area contributed by atoms with Crippen LogP contribution in [0.25, 0.3) is 0 Å². The molecule has 1 aromatic heterocycles. The second-order valence-electron chi connectivity index (χ2n) is 8.76. The molecule has 0 aliphatic heterocycles. The van der Waals surface area contributed by atoms with Crippen LogP contribution in [0.1, 0.15) is 31.2 Å². The predicted octanol–water partition coefficient (Wildman–Crippen LogP) is 3.36. The number of carbonyl (C=O) groups is 4. The van der Waals surface area contributed by atoms with E-state index in [2.05, 4.69) is 20.9 Å². The molecule has 3 aromatic carbocycles. The van der Waals surface area contributed by atoms with Gasteiger partial charge in [-0.05, 0) is 66.7 Å². The molecule has 0 fully saturated rings. The lowest BCUT2D eigenvalue weighted by molar-refractivity contribution is 0.0955. The first-order chi connectivity index (χ1) is 21.0. The van der Waals surface area contributed by atoms with E-state index >= 15 is 0 Å². The molecule has 0 saturated carbocycles. The van der Waals surface area contributed by atoms with Crippen LogP contribution in [0.5, 0.6) is 23.0 Å². The number of nitrogen functional groups attached to an aromatic ring is 1. The number of nitrogens with zero attached hydrogens (tertiary/aromatic N) is 1. The average Bonchev–Trinajstić information content (AvgIpc) is 3.01. The molecule has 0 unspecified atom stereocenters. The van der Waals surface area contributed by atoms with Gasteiger partial charge in [0, 0.05) is 36.1 Å². The summed E-state index contributed by atoms with van der Waals surface area (Å²) in [5, 5.41) is 7.79. The van der Waals surface area contributed by atoms with Crippen molar-refractivity contribution in [2.24, 2.45) is 11.5 Å². The highest BCUT2D eigenvalue weighted by molar-refractivity contribution is 6.02. The number of urea groups is 1. The van der Waals surface area contributed by atoms with Crippen molar-refractivity contribution in [3.05, 3.63) is 95.8 Å². The highest BCUT2D eigenvalue weighted by Gasteiger charge is 2.12. The van der Waals surface area contributed by atoms with Gasteiger partial charge in [-0.1, -0.05) is 0 Å². The number of nitrogens with one attached hydrogen (secondary N) is 3. The Morgan fingerprint density at radius 2 is 1.34 bits per heavy atom. The summed E-state index contributed by atoms with van der Waals surface area (Å²) < 4.78 is 15.8. The lowest BCUT2D eigenvalue weighted by atomic mass is 10.2. The molecule has 1 heterocycles. The van der Waals surface area contributed by atoms with Crippen molar-refractivity contribution in [2.45, 2.75) is 0 Å². The molecule has 4 aromatic rings. The van der Waals surface area contributed by atoms with Gasteiger partial charge in [-0.25, -0.2) is 4.79 Å². The molecule has 0 atom stereocenters. The number of hydrogen-bond acceptors (Lipinski definition) is 9. The number of amides is 5. The molecule has 14 nitrogen and oxygen atoms in total. The van der Waals surface area contributed by atoms with Crippen LogP contribution in [-0.4, -0.2) is 50.0 Å². The smallest absolute Gasteiger partial charge is 0.323 e. The number of methoxy groups -OCH3 is 2. The minimum atomic E-state index is -0.622. The largest absolute Gasteiger partial charge is 0.495 e. The van der Waals surface area contributed by atoms with Crippen LogP contribution < -0.4 is 47.4 Å². The zero-order valence-corrected chi connectivity index (χ0v) is 24.0. The van der Waals surface area contributed by atoms with Crippen molar-refractivity contribution < 1.29 is 33.4 Å². The van der Waals surface area contributed by atoms with E-state index < -0.39 is 17.8 Å². The van der Waals surface area contributed by atoms with Crippen molar-refractivity contribution in [2.75, 3.05) is 37.6 Å². The van der Waals surface area contributed by atoms with E-state index in [1.54, 1.807) is 42.5 Å².